The highest BCUT2D eigenvalue weighted by molar-refractivity contribution is 6.28. The Kier molecular flexibility index (Phi) is 4.38. The van der Waals surface area contributed by atoms with Crippen LogP contribution >= 0.6 is 0 Å². The van der Waals surface area contributed by atoms with Crippen molar-refractivity contribution < 1.29 is 28.7 Å². The normalized spacial score (nSPS) is 17.9. The number of nitrogens with zero attached hydrogens (tertiary/aromatic N) is 2. The van der Waals surface area contributed by atoms with Crippen molar-refractivity contribution in [3.63, 3.8) is 0 Å². The number of hydrogen-bond donors (Lipinski definition) is 2. The molecule has 0 saturated carbocycles. The van der Waals surface area contributed by atoms with Crippen molar-refractivity contribution in [2.24, 2.45) is 0 Å². The summed E-state index contributed by atoms with van der Waals surface area (Å²) in [5, 5.41) is 4.14. The maximum Gasteiger partial charge on any atom is 0.328 e. The van der Waals surface area contributed by atoms with Crippen LogP contribution in [0.15, 0.2) is 42.6 Å². The summed E-state index contributed by atoms with van der Waals surface area (Å²) in [4.78, 5) is 54.1. The van der Waals surface area contributed by atoms with Crippen molar-refractivity contribution in [3.8, 4) is 17.4 Å². The molecule has 2 aliphatic heterocycles. The molecule has 10 nitrogen and oxygen atoms in total. The Morgan fingerprint density at radius 3 is 2.21 bits per heavy atom. The number of barbiturate groups is 1. The van der Waals surface area contributed by atoms with Crippen LogP contribution in [0.25, 0.3) is 0 Å². The van der Waals surface area contributed by atoms with E-state index in [9.17, 15) is 19.2 Å². The average Bonchev–Trinajstić information content (AvgIpc) is 3.06. The SMILES string of the molecule is COc1ccc(Oc2ccc(N3C(=O)CCC34C(=O)NC(=O)NC4=O)cc2)cn1. The second-order valence-corrected chi connectivity index (χ2v) is 6.46. The number of urea groups is 1. The molecule has 4 rings (SSSR count). The number of aromatic nitrogens is 1. The molecule has 148 valence electrons. The largest absolute Gasteiger partial charge is 0.481 e. The zero-order valence-corrected chi connectivity index (χ0v) is 15.3. The molecule has 10 heteroatoms. The Balaban J connectivity index is 1.60. The zero-order valence-electron chi connectivity index (χ0n) is 15.3. The number of amides is 5. The molecule has 2 fully saturated rings. The van der Waals surface area contributed by atoms with Crippen LogP contribution in [0.3, 0.4) is 0 Å². The van der Waals surface area contributed by atoms with Gasteiger partial charge < -0.3 is 9.47 Å². The Hall–Kier alpha value is -3.95. The highest BCUT2D eigenvalue weighted by atomic mass is 16.5. The monoisotopic (exact) mass is 396 g/mol. The van der Waals surface area contributed by atoms with Gasteiger partial charge in [0.1, 0.15) is 11.5 Å². The van der Waals surface area contributed by atoms with E-state index in [2.05, 4.69) is 15.6 Å². The summed E-state index contributed by atoms with van der Waals surface area (Å²) in [5.74, 6) is -0.625. The number of hydrogen-bond acceptors (Lipinski definition) is 7. The summed E-state index contributed by atoms with van der Waals surface area (Å²) in [6.45, 7) is 0. The minimum atomic E-state index is -1.78. The van der Waals surface area contributed by atoms with Gasteiger partial charge in [-0.15, -0.1) is 0 Å². The molecular formula is C19H16N4O6. The average molecular weight is 396 g/mol. The first-order chi connectivity index (χ1) is 13.9. The first-order valence-electron chi connectivity index (χ1n) is 8.72. The minimum absolute atomic E-state index is 0.00476. The number of nitrogens with one attached hydrogen (secondary N) is 2. The number of anilines is 1. The van der Waals surface area contributed by atoms with E-state index in [0.717, 1.165) is 4.90 Å². The number of carbonyl (C=O) groups excluding carboxylic acids is 4. The Morgan fingerprint density at radius 1 is 0.966 bits per heavy atom. The quantitative estimate of drug-likeness (QED) is 0.741. The Morgan fingerprint density at radius 2 is 1.62 bits per heavy atom. The maximum absolute atomic E-state index is 12.5. The van der Waals surface area contributed by atoms with Crippen LogP contribution < -0.4 is 25.0 Å². The molecule has 2 saturated heterocycles. The highest BCUT2D eigenvalue weighted by Crippen LogP contribution is 2.37. The lowest BCUT2D eigenvalue weighted by molar-refractivity contribution is -0.138. The fourth-order valence-electron chi connectivity index (χ4n) is 3.41. The second-order valence-electron chi connectivity index (χ2n) is 6.46. The molecule has 0 unspecified atom stereocenters. The van der Waals surface area contributed by atoms with Gasteiger partial charge in [-0.1, -0.05) is 0 Å². The fraction of sp³-hybridized carbons (Fsp3) is 0.211. The smallest absolute Gasteiger partial charge is 0.328 e. The van der Waals surface area contributed by atoms with Gasteiger partial charge in [0.2, 0.25) is 17.3 Å². The fourth-order valence-corrected chi connectivity index (χ4v) is 3.41. The van der Waals surface area contributed by atoms with E-state index in [1.807, 2.05) is 0 Å². The predicted molar refractivity (Wildman–Crippen MR) is 98.4 cm³/mol. The van der Waals surface area contributed by atoms with Crippen molar-refractivity contribution in [1.29, 1.82) is 0 Å². The summed E-state index contributed by atoms with van der Waals surface area (Å²) in [7, 11) is 1.51. The number of benzene rings is 1. The van der Waals surface area contributed by atoms with Gasteiger partial charge in [-0.05, 0) is 36.8 Å². The molecule has 2 aromatic rings. The number of imide groups is 2. The lowest BCUT2D eigenvalue weighted by atomic mass is 9.91. The lowest BCUT2D eigenvalue weighted by Crippen LogP contribution is -2.72. The van der Waals surface area contributed by atoms with E-state index in [1.54, 1.807) is 36.4 Å². The van der Waals surface area contributed by atoms with Crippen LogP contribution in [0.5, 0.6) is 17.4 Å². The topological polar surface area (TPSA) is 127 Å². The van der Waals surface area contributed by atoms with Gasteiger partial charge in [-0.2, -0.15) is 0 Å². The number of rotatable bonds is 4. The summed E-state index contributed by atoms with van der Waals surface area (Å²) < 4.78 is 10.7. The van der Waals surface area contributed by atoms with Crippen molar-refractivity contribution in [2.45, 2.75) is 18.4 Å². The zero-order chi connectivity index (χ0) is 20.6. The van der Waals surface area contributed by atoms with E-state index in [1.165, 1.54) is 13.3 Å². The molecular weight excluding hydrogens is 380 g/mol. The van der Waals surface area contributed by atoms with E-state index >= 15 is 0 Å². The first kappa shape index (κ1) is 18.4. The molecule has 3 heterocycles. The summed E-state index contributed by atoms with van der Waals surface area (Å²) in [6, 6.07) is 8.76. The minimum Gasteiger partial charge on any atom is -0.481 e. The van der Waals surface area contributed by atoms with Gasteiger partial charge in [0.25, 0.3) is 11.8 Å². The first-order valence-corrected chi connectivity index (χ1v) is 8.72. The van der Waals surface area contributed by atoms with E-state index < -0.39 is 29.3 Å². The third-order valence-corrected chi connectivity index (χ3v) is 4.79. The van der Waals surface area contributed by atoms with Gasteiger partial charge >= 0.3 is 6.03 Å². The molecule has 0 radical (unpaired) electrons. The van der Waals surface area contributed by atoms with Crippen molar-refractivity contribution in [1.82, 2.24) is 15.6 Å². The third-order valence-electron chi connectivity index (χ3n) is 4.79. The number of ether oxygens (including phenoxy) is 2. The molecule has 0 aliphatic carbocycles. The molecule has 29 heavy (non-hydrogen) atoms. The van der Waals surface area contributed by atoms with Crippen LogP contribution in [0, 0.1) is 0 Å². The van der Waals surface area contributed by atoms with E-state index in [0.29, 0.717) is 23.1 Å². The molecule has 2 N–H and O–H groups in total. The van der Waals surface area contributed by atoms with Gasteiger partial charge in [0, 0.05) is 18.2 Å². The number of carbonyl (C=O) groups is 4. The molecule has 1 spiro atoms. The lowest BCUT2D eigenvalue weighted by Gasteiger charge is -2.37. The summed E-state index contributed by atoms with van der Waals surface area (Å²) in [5.41, 5.74) is -1.44. The Bertz CT molecular complexity index is 982. The van der Waals surface area contributed by atoms with Gasteiger partial charge in [0.05, 0.1) is 13.3 Å². The van der Waals surface area contributed by atoms with Crippen LogP contribution in [-0.4, -0.2) is 41.4 Å². The summed E-state index contributed by atoms with van der Waals surface area (Å²) in [6.07, 6.45) is 1.48. The van der Waals surface area contributed by atoms with E-state index in [4.69, 9.17) is 9.47 Å². The third kappa shape index (κ3) is 3.04. The molecule has 2 aliphatic rings. The molecule has 1 aromatic carbocycles. The van der Waals surface area contributed by atoms with Crippen LogP contribution in [0.4, 0.5) is 10.5 Å². The van der Waals surface area contributed by atoms with Gasteiger partial charge in [0.15, 0.2) is 0 Å². The number of methoxy groups -OCH3 is 1. The van der Waals surface area contributed by atoms with E-state index in [-0.39, 0.29) is 12.8 Å². The molecule has 0 atom stereocenters. The van der Waals surface area contributed by atoms with Crippen LogP contribution in [-0.2, 0) is 14.4 Å². The van der Waals surface area contributed by atoms with Crippen molar-refractivity contribution >= 4 is 29.4 Å². The Labute approximate surface area is 164 Å². The molecule has 0 bridgehead atoms. The van der Waals surface area contributed by atoms with Gasteiger partial charge in [-0.25, -0.2) is 9.78 Å². The van der Waals surface area contributed by atoms with Crippen LogP contribution in [0.2, 0.25) is 0 Å². The van der Waals surface area contributed by atoms with Crippen molar-refractivity contribution in [2.75, 3.05) is 12.0 Å². The van der Waals surface area contributed by atoms with Crippen LogP contribution in [0.1, 0.15) is 12.8 Å². The standard InChI is InChI=1S/C19H16N4O6/c1-28-14-7-6-13(10-20-14)29-12-4-2-11(3-5-12)23-15(24)8-9-19(23)16(25)21-18(27)22-17(19)26/h2-7,10H,8-9H2,1H3,(H2,21,22,25,26,27). The van der Waals surface area contributed by atoms with Crippen molar-refractivity contribution in [3.05, 3.63) is 42.6 Å². The predicted octanol–water partition coefficient (Wildman–Crippen LogP) is 1.11. The second kappa shape index (κ2) is 6.89. The molecule has 1 aromatic heterocycles. The van der Waals surface area contributed by atoms with Gasteiger partial charge in [-0.3, -0.25) is 29.9 Å². The highest BCUT2D eigenvalue weighted by Gasteiger charge is 2.60. The maximum atomic E-state index is 12.5. The molecule has 5 amide bonds. The number of pyridine rings is 1. The summed E-state index contributed by atoms with van der Waals surface area (Å²) >= 11 is 0.